The van der Waals surface area contributed by atoms with Gasteiger partial charge in [0.25, 0.3) is 11.6 Å². The summed E-state index contributed by atoms with van der Waals surface area (Å²) in [5.74, 6) is -0.428. The van der Waals surface area contributed by atoms with E-state index in [-0.39, 0.29) is 34.6 Å². The number of nitrogens with zero attached hydrogens (tertiary/aromatic N) is 2. The van der Waals surface area contributed by atoms with Gasteiger partial charge in [-0.1, -0.05) is 11.6 Å². The summed E-state index contributed by atoms with van der Waals surface area (Å²) in [6, 6.07) is 2.44. The highest BCUT2D eigenvalue weighted by Crippen LogP contribution is 2.35. The molecule has 0 heterocycles. The maximum atomic E-state index is 12.4. The molecule has 0 unspecified atom stereocenters. The van der Waals surface area contributed by atoms with Gasteiger partial charge >= 0.3 is 6.09 Å². The molecule has 2 amide bonds. The van der Waals surface area contributed by atoms with E-state index >= 15 is 0 Å². The number of anilines is 1. The monoisotopic (exact) mass is 386 g/mol. The van der Waals surface area contributed by atoms with E-state index in [9.17, 15) is 19.7 Å². The van der Waals surface area contributed by atoms with Crippen LogP contribution in [-0.4, -0.2) is 48.6 Å². The van der Waals surface area contributed by atoms with Gasteiger partial charge in [0.1, 0.15) is 5.69 Å². The van der Waals surface area contributed by atoms with E-state index in [4.69, 9.17) is 17.3 Å². The van der Waals surface area contributed by atoms with Gasteiger partial charge in [-0.2, -0.15) is 0 Å². The van der Waals surface area contributed by atoms with Gasteiger partial charge < -0.3 is 20.7 Å². The highest BCUT2D eigenvalue weighted by Gasteiger charge is 2.26. The molecule has 0 aliphatic carbocycles. The predicted octanol–water partition coefficient (Wildman–Crippen LogP) is 3.02. The normalized spacial score (nSPS) is 11.5. The van der Waals surface area contributed by atoms with E-state index in [1.165, 1.54) is 17.0 Å². The largest absolute Gasteiger partial charge is 0.450 e. The standard InChI is InChI=1S/C16H23ClN4O5/c1-10(6-4-5-9-26-16(18)23)19-14-12(21(24)25)8-7-11(17)13(14)15(22)20(2)3/h7-8,10,19H,4-6,9H2,1-3H3,(H2,18,23)/t10-/m0/s1. The predicted molar refractivity (Wildman–Crippen MR) is 98.6 cm³/mol. The summed E-state index contributed by atoms with van der Waals surface area (Å²) in [5.41, 5.74) is 4.82. The molecule has 0 fully saturated rings. The van der Waals surface area contributed by atoms with Crippen LogP contribution in [0.25, 0.3) is 0 Å². The molecule has 0 spiro atoms. The van der Waals surface area contributed by atoms with E-state index in [2.05, 4.69) is 10.1 Å². The van der Waals surface area contributed by atoms with Gasteiger partial charge in [0, 0.05) is 26.2 Å². The molecule has 1 atom stereocenters. The Kier molecular flexibility index (Phi) is 8.11. The number of rotatable bonds is 9. The molecule has 1 aromatic carbocycles. The first-order valence-corrected chi connectivity index (χ1v) is 8.40. The molecule has 9 nitrogen and oxygen atoms in total. The Labute approximate surface area is 156 Å². The fourth-order valence-electron chi connectivity index (χ4n) is 2.34. The van der Waals surface area contributed by atoms with Crippen LogP contribution in [0.2, 0.25) is 5.02 Å². The molecule has 0 aromatic heterocycles. The Morgan fingerprint density at radius 3 is 2.58 bits per heavy atom. The van der Waals surface area contributed by atoms with Crippen LogP contribution in [0, 0.1) is 10.1 Å². The molecule has 0 aliphatic heterocycles. The smallest absolute Gasteiger partial charge is 0.404 e. The molecule has 0 bridgehead atoms. The minimum atomic E-state index is -0.822. The molecule has 0 aliphatic rings. The van der Waals surface area contributed by atoms with Crippen molar-refractivity contribution in [2.75, 3.05) is 26.0 Å². The zero-order valence-corrected chi connectivity index (χ0v) is 15.7. The van der Waals surface area contributed by atoms with Crippen molar-refractivity contribution in [1.29, 1.82) is 0 Å². The molecular formula is C16H23ClN4O5. The van der Waals surface area contributed by atoms with E-state index in [1.54, 1.807) is 14.1 Å². The number of halogens is 1. The second-order valence-electron chi connectivity index (χ2n) is 5.98. The molecule has 26 heavy (non-hydrogen) atoms. The summed E-state index contributed by atoms with van der Waals surface area (Å²) in [6.45, 7) is 2.05. The van der Waals surface area contributed by atoms with Crippen molar-refractivity contribution in [3.05, 3.63) is 32.8 Å². The van der Waals surface area contributed by atoms with Crippen molar-refractivity contribution in [3.8, 4) is 0 Å². The van der Waals surface area contributed by atoms with E-state index < -0.39 is 16.9 Å². The molecule has 1 rings (SSSR count). The number of nitro benzene ring substituents is 1. The lowest BCUT2D eigenvalue weighted by molar-refractivity contribution is -0.384. The van der Waals surface area contributed by atoms with Crippen LogP contribution >= 0.6 is 11.6 Å². The molecule has 10 heteroatoms. The number of unbranched alkanes of at least 4 members (excludes halogenated alkanes) is 1. The summed E-state index contributed by atoms with van der Waals surface area (Å²) in [4.78, 5) is 35.0. The van der Waals surface area contributed by atoms with Gasteiger partial charge in [0.2, 0.25) is 0 Å². The summed E-state index contributed by atoms with van der Waals surface area (Å²) in [5, 5.41) is 14.5. The summed E-state index contributed by atoms with van der Waals surface area (Å²) < 4.78 is 4.65. The number of nitro groups is 1. The zero-order valence-electron chi connectivity index (χ0n) is 15.0. The van der Waals surface area contributed by atoms with E-state index in [0.29, 0.717) is 19.3 Å². The third kappa shape index (κ3) is 6.07. The number of nitrogens with two attached hydrogens (primary N) is 1. The molecule has 0 saturated heterocycles. The highest BCUT2D eigenvalue weighted by atomic mass is 35.5. The van der Waals surface area contributed by atoms with Crippen molar-refractivity contribution < 1.29 is 19.2 Å². The third-order valence-electron chi connectivity index (χ3n) is 3.62. The molecular weight excluding hydrogens is 364 g/mol. The number of carbonyl (C=O) groups excluding carboxylic acids is 2. The summed E-state index contributed by atoms with van der Waals surface area (Å²) in [7, 11) is 3.09. The second kappa shape index (κ2) is 9.81. The number of ether oxygens (including phenoxy) is 1. The lowest BCUT2D eigenvalue weighted by Crippen LogP contribution is -2.25. The van der Waals surface area contributed by atoms with Crippen LogP contribution in [0.5, 0.6) is 0 Å². The number of benzene rings is 1. The molecule has 144 valence electrons. The van der Waals surface area contributed by atoms with Crippen molar-refractivity contribution >= 4 is 35.0 Å². The number of hydrogen-bond donors (Lipinski definition) is 2. The Morgan fingerprint density at radius 2 is 2.04 bits per heavy atom. The maximum absolute atomic E-state index is 12.4. The van der Waals surface area contributed by atoms with Crippen LogP contribution < -0.4 is 11.1 Å². The van der Waals surface area contributed by atoms with Gasteiger partial charge in [-0.25, -0.2) is 4.79 Å². The SMILES string of the molecule is C[C@@H](CCCCOC(N)=O)Nc1c([N+](=O)[O-])ccc(Cl)c1C(=O)N(C)C. The molecule has 0 radical (unpaired) electrons. The fraction of sp³-hybridized carbons (Fsp3) is 0.500. The first-order valence-electron chi connectivity index (χ1n) is 8.02. The number of carbonyl (C=O) groups is 2. The summed E-state index contributed by atoms with van der Waals surface area (Å²) >= 11 is 6.13. The van der Waals surface area contributed by atoms with Crippen molar-refractivity contribution in [1.82, 2.24) is 4.90 Å². The first-order chi connectivity index (χ1) is 12.1. The Morgan fingerprint density at radius 1 is 1.38 bits per heavy atom. The van der Waals surface area contributed by atoms with Gasteiger partial charge in [-0.05, 0) is 32.3 Å². The van der Waals surface area contributed by atoms with Crippen LogP contribution in [0.4, 0.5) is 16.2 Å². The fourth-order valence-corrected chi connectivity index (χ4v) is 2.58. The van der Waals surface area contributed by atoms with Gasteiger partial charge in [0.05, 0.1) is 22.1 Å². The number of amides is 2. The maximum Gasteiger partial charge on any atom is 0.404 e. The van der Waals surface area contributed by atoms with E-state index in [0.717, 1.165) is 0 Å². The van der Waals surface area contributed by atoms with Crippen LogP contribution in [0.1, 0.15) is 36.5 Å². The average molecular weight is 387 g/mol. The zero-order chi connectivity index (χ0) is 19.9. The molecule has 1 aromatic rings. The Balaban J connectivity index is 2.95. The van der Waals surface area contributed by atoms with Crippen molar-refractivity contribution in [2.24, 2.45) is 5.73 Å². The lowest BCUT2D eigenvalue weighted by Gasteiger charge is -2.20. The van der Waals surface area contributed by atoms with Crippen LogP contribution in [0.3, 0.4) is 0 Å². The van der Waals surface area contributed by atoms with Crippen LogP contribution in [-0.2, 0) is 4.74 Å². The summed E-state index contributed by atoms with van der Waals surface area (Å²) in [6.07, 6.45) is 1.13. The number of nitrogens with one attached hydrogen (secondary N) is 1. The second-order valence-corrected chi connectivity index (χ2v) is 6.39. The minimum absolute atomic E-state index is 0.0646. The van der Waals surface area contributed by atoms with Gasteiger partial charge in [-0.3, -0.25) is 14.9 Å². The molecule has 3 N–H and O–H groups in total. The highest BCUT2D eigenvalue weighted by molar-refractivity contribution is 6.35. The molecule has 0 saturated carbocycles. The topological polar surface area (TPSA) is 128 Å². The van der Waals surface area contributed by atoms with Crippen molar-refractivity contribution in [3.63, 3.8) is 0 Å². The van der Waals surface area contributed by atoms with Gasteiger partial charge in [-0.15, -0.1) is 0 Å². The van der Waals surface area contributed by atoms with Crippen molar-refractivity contribution in [2.45, 2.75) is 32.2 Å². The van der Waals surface area contributed by atoms with Gasteiger partial charge in [0.15, 0.2) is 0 Å². The minimum Gasteiger partial charge on any atom is -0.450 e. The lowest BCUT2D eigenvalue weighted by atomic mass is 10.1. The van der Waals surface area contributed by atoms with Crippen LogP contribution in [0.15, 0.2) is 12.1 Å². The number of primary amides is 1. The Hall–Kier alpha value is -2.55. The average Bonchev–Trinajstić information content (AvgIpc) is 2.53. The van der Waals surface area contributed by atoms with E-state index in [1.807, 2.05) is 6.92 Å². The third-order valence-corrected chi connectivity index (χ3v) is 3.93. The quantitative estimate of drug-likeness (QED) is 0.381. The Bertz CT molecular complexity index is 681. The number of hydrogen-bond acceptors (Lipinski definition) is 6. The first kappa shape index (κ1) is 21.5.